The lowest BCUT2D eigenvalue weighted by atomic mass is 9.85. The highest BCUT2D eigenvalue weighted by Crippen LogP contribution is 2.27. The van der Waals surface area contributed by atoms with Gasteiger partial charge in [0.2, 0.25) is 10.0 Å². The molecule has 8 heteroatoms. The van der Waals surface area contributed by atoms with Crippen molar-refractivity contribution in [2.45, 2.75) is 36.6 Å². The van der Waals surface area contributed by atoms with Gasteiger partial charge in [-0.1, -0.05) is 24.4 Å². The van der Waals surface area contributed by atoms with Crippen molar-refractivity contribution in [1.82, 2.24) is 4.72 Å². The Labute approximate surface area is 127 Å². The smallest absolute Gasteiger partial charge is 0.308 e. The second-order valence-electron chi connectivity index (χ2n) is 5.03. The molecule has 5 nitrogen and oxygen atoms in total. The molecule has 1 fully saturated rings. The molecule has 2 unspecified atom stereocenters. The van der Waals surface area contributed by atoms with E-state index in [0.29, 0.717) is 12.8 Å². The van der Waals surface area contributed by atoms with Crippen molar-refractivity contribution in [3.63, 3.8) is 0 Å². The highest BCUT2D eigenvalue weighted by Gasteiger charge is 2.34. The van der Waals surface area contributed by atoms with E-state index >= 15 is 0 Å². The molecular weight excluding hydrogens is 321 g/mol. The van der Waals surface area contributed by atoms with Gasteiger partial charge in [-0.25, -0.2) is 17.5 Å². The molecule has 0 amide bonds. The van der Waals surface area contributed by atoms with Crippen LogP contribution >= 0.6 is 11.6 Å². The highest BCUT2D eigenvalue weighted by atomic mass is 35.5. The second-order valence-corrected chi connectivity index (χ2v) is 7.15. The molecule has 0 saturated heterocycles. The predicted molar refractivity (Wildman–Crippen MR) is 75.1 cm³/mol. The molecule has 0 spiro atoms. The molecule has 1 aromatic rings. The maximum atomic E-state index is 13.1. The molecular formula is C13H15ClFNO4S. The van der Waals surface area contributed by atoms with Crippen molar-refractivity contribution >= 4 is 27.6 Å². The summed E-state index contributed by atoms with van der Waals surface area (Å²) in [5.41, 5.74) is 0. The van der Waals surface area contributed by atoms with Gasteiger partial charge in [0.25, 0.3) is 0 Å². The van der Waals surface area contributed by atoms with Crippen molar-refractivity contribution in [1.29, 1.82) is 0 Å². The van der Waals surface area contributed by atoms with Gasteiger partial charge in [-0.3, -0.25) is 4.79 Å². The highest BCUT2D eigenvalue weighted by molar-refractivity contribution is 7.89. The lowest BCUT2D eigenvalue weighted by Crippen LogP contribution is -2.45. The summed E-state index contributed by atoms with van der Waals surface area (Å²) in [4.78, 5) is 11.0. The van der Waals surface area contributed by atoms with E-state index in [-0.39, 0.29) is 9.92 Å². The minimum Gasteiger partial charge on any atom is -0.481 e. The number of carbonyl (C=O) groups is 1. The van der Waals surface area contributed by atoms with Crippen molar-refractivity contribution in [2.75, 3.05) is 0 Å². The zero-order valence-corrected chi connectivity index (χ0v) is 12.6. The molecule has 1 saturated carbocycles. The predicted octanol–water partition coefficient (Wildman–Crippen LogP) is 2.40. The Morgan fingerprint density at radius 3 is 2.62 bits per heavy atom. The molecule has 2 atom stereocenters. The quantitative estimate of drug-likeness (QED) is 0.885. The van der Waals surface area contributed by atoms with E-state index in [1.165, 1.54) is 0 Å². The summed E-state index contributed by atoms with van der Waals surface area (Å²) in [5, 5.41) is 8.86. The van der Waals surface area contributed by atoms with Gasteiger partial charge in [0.1, 0.15) is 5.82 Å². The Morgan fingerprint density at radius 1 is 1.33 bits per heavy atom. The van der Waals surface area contributed by atoms with Crippen LogP contribution in [0.5, 0.6) is 0 Å². The molecule has 21 heavy (non-hydrogen) atoms. The maximum absolute atomic E-state index is 13.1. The van der Waals surface area contributed by atoms with Crippen LogP contribution in [0.4, 0.5) is 4.39 Å². The Kier molecular flexibility index (Phi) is 4.85. The van der Waals surface area contributed by atoms with Crippen LogP contribution < -0.4 is 4.72 Å². The zero-order valence-electron chi connectivity index (χ0n) is 11.1. The first-order valence-corrected chi connectivity index (χ1v) is 8.37. The Morgan fingerprint density at radius 2 is 2.00 bits per heavy atom. The fraction of sp³-hybridized carbons (Fsp3) is 0.462. The number of sulfonamides is 1. The summed E-state index contributed by atoms with van der Waals surface area (Å²) in [6.07, 6.45) is 2.43. The van der Waals surface area contributed by atoms with Crippen molar-refractivity contribution in [2.24, 2.45) is 5.92 Å². The standard InChI is InChI=1S/C13H15ClFNO4S/c14-10-7-8(5-6-11(10)15)21(19,20)16-12-4-2-1-3-9(12)13(17)18/h5-7,9,12,16H,1-4H2,(H,17,18). The molecule has 2 N–H and O–H groups in total. The van der Waals surface area contributed by atoms with Crippen molar-refractivity contribution in [3.8, 4) is 0 Å². The molecule has 2 rings (SSSR count). The summed E-state index contributed by atoms with van der Waals surface area (Å²) in [6.45, 7) is 0. The van der Waals surface area contributed by atoms with Crippen molar-refractivity contribution in [3.05, 3.63) is 29.0 Å². The second kappa shape index (κ2) is 6.29. The van der Waals surface area contributed by atoms with Gasteiger partial charge >= 0.3 is 5.97 Å². The SMILES string of the molecule is O=C(O)C1CCCCC1NS(=O)(=O)c1ccc(F)c(Cl)c1. The minimum atomic E-state index is -3.93. The van der Waals surface area contributed by atoms with Crippen molar-refractivity contribution < 1.29 is 22.7 Å². The van der Waals surface area contributed by atoms with Gasteiger partial charge in [0, 0.05) is 6.04 Å². The number of hydrogen-bond donors (Lipinski definition) is 2. The van der Waals surface area contributed by atoms with Crippen LogP contribution in [0.25, 0.3) is 0 Å². The van der Waals surface area contributed by atoms with E-state index < -0.39 is 33.8 Å². The number of nitrogens with one attached hydrogen (secondary N) is 1. The average Bonchev–Trinajstić information content (AvgIpc) is 2.41. The molecule has 0 heterocycles. The molecule has 1 aliphatic carbocycles. The largest absolute Gasteiger partial charge is 0.481 e. The lowest BCUT2D eigenvalue weighted by Gasteiger charge is -2.29. The number of rotatable bonds is 4. The van der Waals surface area contributed by atoms with E-state index in [1.807, 2.05) is 0 Å². The summed E-state index contributed by atoms with van der Waals surface area (Å²) >= 11 is 5.58. The van der Waals surface area contributed by atoms with Gasteiger partial charge in [0.15, 0.2) is 0 Å². The van der Waals surface area contributed by atoms with Gasteiger partial charge in [-0.05, 0) is 31.0 Å². The van der Waals surface area contributed by atoms with Crippen LogP contribution in [0.15, 0.2) is 23.1 Å². The third kappa shape index (κ3) is 3.72. The normalized spacial score (nSPS) is 23.0. The summed E-state index contributed by atoms with van der Waals surface area (Å²) in [5.74, 6) is -2.47. The van der Waals surface area contributed by atoms with Gasteiger partial charge in [0.05, 0.1) is 15.8 Å². The first-order chi connectivity index (χ1) is 9.81. The van der Waals surface area contributed by atoms with Crippen LogP contribution in [0.1, 0.15) is 25.7 Å². The molecule has 0 radical (unpaired) electrons. The van der Waals surface area contributed by atoms with Crippen LogP contribution in [0, 0.1) is 11.7 Å². The van der Waals surface area contributed by atoms with Crippen LogP contribution in [-0.2, 0) is 14.8 Å². The monoisotopic (exact) mass is 335 g/mol. The minimum absolute atomic E-state index is 0.177. The molecule has 0 bridgehead atoms. The third-order valence-corrected chi connectivity index (χ3v) is 5.37. The number of carboxylic acid groups (broad SMARTS) is 1. The number of hydrogen-bond acceptors (Lipinski definition) is 3. The number of halogens is 2. The molecule has 1 aromatic carbocycles. The first kappa shape index (κ1) is 16.2. The molecule has 0 aliphatic heterocycles. The van der Waals surface area contributed by atoms with Gasteiger partial charge < -0.3 is 5.11 Å². The number of benzene rings is 1. The first-order valence-electron chi connectivity index (χ1n) is 6.51. The summed E-state index contributed by atoms with van der Waals surface area (Å²) in [7, 11) is -3.93. The van der Waals surface area contributed by atoms with E-state index in [9.17, 15) is 17.6 Å². The van der Waals surface area contributed by atoms with E-state index in [0.717, 1.165) is 31.0 Å². The molecule has 0 aromatic heterocycles. The molecule has 1 aliphatic rings. The third-order valence-electron chi connectivity index (χ3n) is 3.59. The number of carboxylic acids is 1. The van der Waals surface area contributed by atoms with E-state index in [2.05, 4.69) is 4.72 Å². The van der Waals surface area contributed by atoms with Gasteiger partial charge in [-0.2, -0.15) is 0 Å². The van der Waals surface area contributed by atoms with Crippen LogP contribution in [0.3, 0.4) is 0 Å². The Hall–Kier alpha value is -1.18. The summed E-state index contributed by atoms with van der Waals surface area (Å²) < 4.78 is 40.0. The fourth-order valence-corrected chi connectivity index (χ4v) is 4.06. The average molecular weight is 336 g/mol. The lowest BCUT2D eigenvalue weighted by molar-refractivity contribution is -0.143. The topological polar surface area (TPSA) is 83.5 Å². The fourth-order valence-electron chi connectivity index (χ4n) is 2.48. The Balaban J connectivity index is 2.23. The molecule has 116 valence electrons. The van der Waals surface area contributed by atoms with E-state index in [4.69, 9.17) is 16.7 Å². The number of aliphatic carboxylic acids is 1. The zero-order chi connectivity index (χ0) is 15.6. The van der Waals surface area contributed by atoms with Gasteiger partial charge in [-0.15, -0.1) is 0 Å². The van der Waals surface area contributed by atoms with Crippen LogP contribution in [0.2, 0.25) is 5.02 Å². The Bertz CT molecular complexity index is 650. The summed E-state index contributed by atoms with van der Waals surface area (Å²) in [6, 6.07) is 2.41. The maximum Gasteiger partial charge on any atom is 0.308 e. The van der Waals surface area contributed by atoms with Crippen LogP contribution in [-0.4, -0.2) is 25.5 Å². The van der Waals surface area contributed by atoms with E-state index in [1.54, 1.807) is 0 Å².